The second-order valence-electron chi connectivity index (χ2n) is 5.17. The second kappa shape index (κ2) is 6.21. The maximum Gasteiger partial charge on any atom is 0.573 e. The fourth-order valence-electron chi connectivity index (χ4n) is 2.39. The molecule has 0 saturated carbocycles. The molecule has 26 heavy (non-hydrogen) atoms. The Kier molecular flexibility index (Phi) is 4.18. The number of hydrogen-bond acceptors (Lipinski definition) is 3. The van der Waals surface area contributed by atoms with Gasteiger partial charge in [-0.15, -0.1) is 13.2 Å². The number of hydrogen-bond donors (Lipinski definition) is 2. The van der Waals surface area contributed by atoms with E-state index in [1.807, 2.05) is 0 Å². The van der Waals surface area contributed by atoms with Crippen LogP contribution in [-0.2, 0) is 0 Å². The highest BCUT2D eigenvalue weighted by molar-refractivity contribution is 6.00. The first-order chi connectivity index (χ1) is 12.2. The normalized spacial score (nSPS) is 11.6. The van der Waals surface area contributed by atoms with E-state index < -0.39 is 29.6 Å². The van der Waals surface area contributed by atoms with Gasteiger partial charge in [0.1, 0.15) is 0 Å². The first kappa shape index (κ1) is 17.5. The molecule has 0 bridgehead atoms. The highest BCUT2D eigenvalue weighted by Gasteiger charge is 2.32. The van der Waals surface area contributed by atoms with Crippen LogP contribution in [0.1, 0.15) is 10.5 Å². The molecule has 5 nitrogen and oxygen atoms in total. The molecule has 0 atom stereocenters. The molecule has 1 heterocycles. The van der Waals surface area contributed by atoms with Crippen molar-refractivity contribution in [2.45, 2.75) is 6.36 Å². The Morgan fingerprint density at radius 1 is 1.15 bits per heavy atom. The number of anilines is 2. The largest absolute Gasteiger partial charge is 0.573 e. The summed E-state index contributed by atoms with van der Waals surface area (Å²) in [7, 11) is 0. The third-order valence-electron chi connectivity index (χ3n) is 3.44. The molecular weight excluding hydrogens is 363 g/mol. The molecule has 136 valence electrons. The van der Waals surface area contributed by atoms with Crippen LogP contribution in [0.4, 0.5) is 33.4 Å². The summed E-state index contributed by atoms with van der Waals surface area (Å²) >= 11 is 0. The van der Waals surface area contributed by atoms with Crippen molar-refractivity contribution in [1.82, 2.24) is 4.79 Å². The molecule has 2 aromatic carbocycles. The summed E-state index contributed by atoms with van der Waals surface area (Å²) in [5.41, 5.74) is -0.427. The molecule has 2 N–H and O–H groups in total. The second-order valence-corrected chi connectivity index (χ2v) is 5.17. The van der Waals surface area contributed by atoms with Gasteiger partial charge in [0.25, 0.3) is 0 Å². The number of nitrogens with zero attached hydrogens (tertiary/aromatic N) is 1. The van der Waals surface area contributed by atoms with E-state index in [4.69, 9.17) is 5.11 Å². The number of carbonyl (C=O) groups is 1. The maximum absolute atomic E-state index is 14.0. The summed E-state index contributed by atoms with van der Waals surface area (Å²) in [6.45, 7) is 0. The van der Waals surface area contributed by atoms with Crippen LogP contribution in [0.25, 0.3) is 10.9 Å². The van der Waals surface area contributed by atoms with Gasteiger partial charge in [-0.1, -0.05) is 10.5 Å². The van der Waals surface area contributed by atoms with Gasteiger partial charge in [-0.2, -0.15) is 4.79 Å². The van der Waals surface area contributed by atoms with Gasteiger partial charge in [0.2, 0.25) is 0 Å². The minimum atomic E-state index is -5.07. The fourth-order valence-corrected chi connectivity index (χ4v) is 2.39. The Labute approximate surface area is 142 Å². The van der Waals surface area contributed by atoms with Gasteiger partial charge in [0, 0.05) is 22.8 Å². The van der Waals surface area contributed by atoms with E-state index in [9.17, 15) is 26.8 Å². The van der Waals surface area contributed by atoms with Crippen molar-refractivity contribution in [2.75, 3.05) is 5.32 Å². The van der Waals surface area contributed by atoms with Crippen molar-refractivity contribution in [3.05, 3.63) is 54.0 Å². The number of rotatable bonds is 4. The topological polar surface area (TPSA) is 63.5 Å². The van der Waals surface area contributed by atoms with Crippen molar-refractivity contribution in [3.8, 4) is 5.75 Å². The Hall–Kier alpha value is -3.30. The summed E-state index contributed by atoms with van der Waals surface area (Å²) in [6.07, 6.45) is -5.07. The Morgan fingerprint density at radius 2 is 1.88 bits per heavy atom. The summed E-state index contributed by atoms with van der Waals surface area (Å²) in [5, 5.41) is 11.8. The number of nitrogens with one attached hydrogen (secondary N) is 1. The standard InChI is InChI=1S/C16H9F5N2O3/c17-10-5-4-8(6-14(10)26-16(18,19)20)22-11-2-1-3-12-9(11)7-13(15(24)25)23(12)21/h1-7,22H,(H,24,25). The van der Waals surface area contributed by atoms with Crippen molar-refractivity contribution >= 4 is 28.2 Å². The third-order valence-corrected chi connectivity index (χ3v) is 3.44. The Bertz CT molecular complexity index is 997. The lowest BCUT2D eigenvalue weighted by Gasteiger charge is -2.12. The average Bonchev–Trinajstić information content (AvgIpc) is 2.88. The minimum absolute atomic E-state index is 0.0221. The molecule has 3 rings (SSSR count). The van der Waals surface area contributed by atoms with Crippen molar-refractivity contribution in [1.29, 1.82) is 0 Å². The highest BCUT2D eigenvalue weighted by Crippen LogP contribution is 2.33. The number of fused-ring (bicyclic) bond motifs is 1. The van der Waals surface area contributed by atoms with Crippen molar-refractivity contribution < 1.29 is 36.7 Å². The van der Waals surface area contributed by atoms with E-state index in [1.165, 1.54) is 18.2 Å². The quantitative estimate of drug-likeness (QED) is 0.643. The molecule has 1 aromatic heterocycles. The average molecular weight is 372 g/mol. The molecule has 0 unspecified atom stereocenters. The molecule has 0 radical (unpaired) electrons. The number of carboxylic acid groups (broad SMARTS) is 1. The Morgan fingerprint density at radius 3 is 2.54 bits per heavy atom. The molecule has 0 amide bonds. The molecular formula is C16H9F5N2O3. The highest BCUT2D eigenvalue weighted by atomic mass is 19.4. The van der Waals surface area contributed by atoms with E-state index in [1.54, 1.807) is 0 Å². The molecule has 0 fully saturated rings. The minimum Gasteiger partial charge on any atom is -0.476 e. The molecule has 3 aromatic rings. The van der Waals surface area contributed by atoms with Crippen molar-refractivity contribution in [2.24, 2.45) is 0 Å². The SMILES string of the molecule is O=C(O)c1cc2c(Nc3ccc(F)c(OC(F)(F)F)c3)cccc2n1F. The van der Waals surface area contributed by atoms with Gasteiger partial charge in [-0.25, -0.2) is 9.18 Å². The number of alkyl halides is 3. The van der Waals surface area contributed by atoms with Gasteiger partial charge in [0.05, 0.1) is 5.52 Å². The zero-order valence-corrected chi connectivity index (χ0v) is 12.6. The van der Waals surface area contributed by atoms with Crippen LogP contribution in [0.3, 0.4) is 0 Å². The van der Waals surface area contributed by atoms with Crippen LogP contribution < -0.4 is 10.1 Å². The molecule has 0 aliphatic carbocycles. The van der Waals surface area contributed by atoms with Gasteiger partial charge in [0.15, 0.2) is 17.3 Å². The van der Waals surface area contributed by atoms with Crippen molar-refractivity contribution in [3.63, 3.8) is 0 Å². The molecule has 0 aliphatic heterocycles. The third kappa shape index (κ3) is 3.39. The van der Waals surface area contributed by atoms with Crippen LogP contribution in [0.15, 0.2) is 42.5 Å². The fraction of sp³-hybridized carbons (Fsp3) is 0.0625. The first-order valence-electron chi connectivity index (χ1n) is 7.02. The van der Waals surface area contributed by atoms with E-state index >= 15 is 0 Å². The van der Waals surface area contributed by atoms with Crippen LogP contribution >= 0.6 is 0 Å². The lowest BCUT2D eigenvalue weighted by Crippen LogP contribution is -2.18. The lowest BCUT2D eigenvalue weighted by atomic mass is 10.2. The number of ether oxygens (including phenoxy) is 1. The van der Waals surface area contributed by atoms with Crippen LogP contribution in [0, 0.1) is 5.82 Å². The van der Waals surface area contributed by atoms with Crippen LogP contribution in [0.5, 0.6) is 5.75 Å². The number of benzene rings is 2. The van der Waals surface area contributed by atoms with E-state index in [2.05, 4.69) is 10.1 Å². The maximum atomic E-state index is 14.0. The summed E-state index contributed by atoms with van der Waals surface area (Å²) in [6, 6.07) is 7.98. The zero-order valence-electron chi connectivity index (χ0n) is 12.6. The number of aromatic nitrogens is 1. The summed E-state index contributed by atoms with van der Waals surface area (Å²) in [5.74, 6) is -3.74. The Balaban J connectivity index is 2.00. The number of halogens is 5. The summed E-state index contributed by atoms with van der Waals surface area (Å²) in [4.78, 5) is 11.0. The van der Waals surface area contributed by atoms with Gasteiger partial charge in [-0.05, 0) is 30.3 Å². The summed E-state index contributed by atoms with van der Waals surface area (Å²) < 4.78 is 68.0. The zero-order chi connectivity index (χ0) is 19.1. The van der Waals surface area contributed by atoms with E-state index in [0.717, 1.165) is 24.3 Å². The number of carboxylic acids is 1. The lowest BCUT2D eigenvalue weighted by molar-refractivity contribution is -0.275. The van der Waals surface area contributed by atoms with E-state index in [0.29, 0.717) is 0 Å². The monoisotopic (exact) mass is 372 g/mol. The molecule has 0 aliphatic rings. The molecule has 0 saturated heterocycles. The predicted octanol–water partition coefficient (Wildman–Crippen LogP) is 4.85. The van der Waals surface area contributed by atoms with Gasteiger partial charge in [-0.3, -0.25) is 0 Å². The van der Waals surface area contributed by atoms with Gasteiger partial charge >= 0.3 is 12.3 Å². The van der Waals surface area contributed by atoms with E-state index in [-0.39, 0.29) is 27.1 Å². The van der Waals surface area contributed by atoms with Crippen LogP contribution in [-0.4, -0.2) is 22.2 Å². The molecule has 10 heteroatoms. The smallest absolute Gasteiger partial charge is 0.476 e. The molecule has 0 spiro atoms. The first-order valence-corrected chi connectivity index (χ1v) is 7.02. The number of aromatic carboxylic acids is 1. The predicted molar refractivity (Wildman–Crippen MR) is 81.8 cm³/mol. The van der Waals surface area contributed by atoms with Crippen LogP contribution in [0.2, 0.25) is 0 Å². The van der Waals surface area contributed by atoms with Gasteiger partial charge < -0.3 is 15.2 Å².